The van der Waals surface area contributed by atoms with Crippen molar-refractivity contribution in [3.63, 3.8) is 0 Å². The number of hydroxylamine groups is 1. The summed E-state index contributed by atoms with van der Waals surface area (Å²) in [5.41, 5.74) is 2.00. The van der Waals surface area contributed by atoms with E-state index in [1.165, 1.54) is 13.3 Å². The number of alkyl halides is 1. The first-order chi connectivity index (χ1) is 19.2. The smallest absolute Gasteiger partial charge is 0.249 e. The van der Waals surface area contributed by atoms with Crippen molar-refractivity contribution < 1.29 is 37.4 Å². The summed E-state index contributed by atoms with van der Waals surface area (Å²) in [5.74, 6) is -2.82. The van der Waals surface area contributed by atoms with Crippen molar-refractivity contribution in [3.8, 4) is 5.75 Å². The number of ether oxygens (including phenoxy) is 1. The Balaban J connectivity index is 1.42. The van der Waals surface area contributed by atoms with Crippen molar-refractivity contribution in [1.82, 2.24) is 15.4 Å². The van der Waals surface area contributed by atoms with Crippen molar-refractivity contribution >= 4 is 28.6 Å². The lowest BCUT2D eigenvalue weighted by Gasteiger charge is -2.40. The number of hydrogen-bond donors (Lipinski definition) is 3. The number of carbonyl (C=O) groups is 1. The van der Waals surface area contributed by atoms with E-state index in [1.807, 2.05) is 4.90 Å². The summed E-state index contributed by atoms with van der Waals surface area (Å²) < 4.78 is 60.0. The number of aromatic nitrogens is 1. The van der Waals surface area contributed by atoms with Crippen LogP contribution >= 0.6 is 11.8 Å². The monoisotopic (exact) mass is 581 g/mol. The second-order valence-corrected chi connectivity index (χ2v) is 11.0. The van der Waals surface area contributed by atoms with Gasteiger partial charge in [0.1, 0.15) is 18.2 Å². The number of pyridine rings is 1. The van der Waals surface area contributed by atoms with Crippen LogP contribution in [-0.2, 0) is 11.5 Å². The molecule has 4 rings (SSSR count). The lowest BCUT2D eigenvalue weighted by Crippen LogP contribution is -2.48. The number of piperidine rings is 1. The number of likely N-dealkylation sites (tertiary alicyclic amines) is 1. The molecule has 0 spiro atoms. The Morgan fingerprint density at radius 1 is 1.23 bits per heavy atom. The Morgan fingerprint density at radius 3 is 2.65 bits per heavy atom. The number of aliphatic hydroxyl groups excluding tert-OH is 1. The predicted molar refractivity (Wildman–Crippen MR) is 142 cm³/mol. The number of methoxy groups -OCH3 is 1. The van der Waals surface area contributed by atoms with Crippen LogP contribution in [-0.4, -0.2) is 58.6 Å². The van der Waals surface area contributed by atoms with E-state index in [4.69, 9.17) is 4.74 Å². The van der Waals surface area contributed by atoms with E-state index in [-0.39, 0.29) is 23.3 Å². The van der Waals surface area contributed by atoms with Crippen LogP contribution in [0.3, 0.4) is 0 Å². The van der Waals surface area contributed by atoms with Crippen molar-refractivity contribution in [1.29, 1.82) is 0 Å². The molecule has 1 atom stereocenters. The second kappa shape index (κ2) is 13.2. The van der Waals surface area contributed by atoms with Crippen LogP contribution in [0.15, 0.2) is 41.4 Å². The standard InChI is InChI=1S/C28H31F4N3O4S/c1-39-19-2-3-22-20(14-19)25(17(15-29)16-33-22)23(36)4-5-28(27(37)34-38)6-8-35(9-7-28)10-11-40-24-13-18(30)12-21(31)26(24)32/h2-3,12-14,16,23,36,38H,4-11,15H2,1H3,(H,34,37)/t23-/m1/s1. The molecule has 1 aromatic heterocycles. The highest BCUT2D eigenvalue weighted by atomic mass is 32.2. The number of nitrogens with zero attached hydrogens (tertiary/aromatic N) is 2. The summed E-state index contributed by atoms with van der Waals surface area (Å²) in [6.07, 6.45) is 1.42. The summed E-state index contributed by atoms with van der Waals surface area (Å²) in [7, 11) is 1.51. The molecule has 0 bridgehead atoms. The SMILES string of the molecule is COc1ccc2ncc(CF)c([C@H](O)CCC3(C(=O)NO)CCN(CCSc4cc(F)cc(F)c4F)CC3)c2c1. The highest BCUT2D eigenvalue weighted by Gasteiger charge is 2.41. The average molecular weight is 582 g/mol. The maximum Gasteiger partial charge on any atom is 0.249 e. The fraction of sp³-hybridized carbons (Fsp3) is 0.429. The number of fused-ring (bicyclic) bond motifs is 1. The van der Waals surface area contributed by atoms with Crippen LogP contribution in [0.2, 0.25) is 0 Å². The minimum atomic E-state index is -1.24. The van der Waals surface area contributed by atoms with E-state index in [1.54, 1.807) is 23.7 Å². The molecular formula is C28H31F4N3O4S. The Hall–Kier alpha value is -2.93. The van der Waals surface area contributed by atoms with Gasteiger partial charge in [0.2, 0.25) is 5.91 Å². The largest absolute Gasteiger partial charge is 0.497 e. The molecule has 2 aromatic carbocycles. The minimum absolute atomic E-state index is 0.105. The molecule has 1 aliphatic rings. The summed E-state index contributed by atoms with van der Waals surface area (Å²) in [5, 5.41) is 21.2. The molecule has 2 heterocycles. The maximum atomic E-state index is 13.9. The number of rotatable bonds is 11. The Labute approximate surface area is 233 Å². The number of nitrogens with one attached hydrogen (secondary N) is 1. The molecule has 12 heteroatoms. The van der Waals surface area contributed by atoms with E-state index in [9.17, 15) is 32.7 Å². The summed E-state index contributed by atoms with van der Waals surface area (Å²) in [6, 6.07) is 6.59. The van der Waals surface area contributed by atoms with Crippen LogP contribution < -0.4 is 10.2 Å². The molecule has 1 fully saturated rings. The molecule has 0 aliphatic carbocycles. The van der Waals surface area contributed by atoms with Crippen LogP contribution in [0.4, 0.5) is 17.6 Å². The molecule has 40 heavy (non-hydrogen) atoms. The summed E-state index contributed by atoms with van der Waals surface area (Å²) in [6.45, 7) is 0.630. The lowest BCUT2D eigenvalue weighted by molar-refractivity contribution is -0.143. The molecule has 216 valence electrons. The van der Waals surface area contributed by atoms with Crippen LogP contribution in [0, 0.1) is 22.9 Å². The van der Waals surface area contributed by atoms with Gasteiger partial charge in [-0.25, -0.2) is 23.0 Å². The molecule has 0 saturated carbocycles. The van der Waals surface area contributed by atoms with Gasteiger partial charge in [-0.05, 0) is 68.6 Å². The maximum absolute atomic E-state index is 13.9. The third kappa shape index (κ3) is 6.51. The highest BCUT2D eigenvalue weighted by Crippen LogP contribution is 2.40. The number of hydrogen-bond acceptors (Lipinski definition) is 7. The van der Waals surface area contributed by atoms with Crippen molar-refractivity contribution in [3.05, 3.63) is 65.1 Å². The number of thioether (sulfide) groups is 1. The van der Waals surface area contributed by atoms with Crippen molar-refractivity contribution in [2.75, 3.05) is 32.5 Å². The topological polar surface area (TPSA) is 94.9 Å². The van der Waals surface area contributed by atoms with E-state index >= 15 is 0 Å². The van der Waals surface area contributed by atoms with Gasteiger partial charge in [0.05, 0.1) is 24.1 Å². The first kappa shape index (κ1) is 30.0. The van der Waals surface area contributed by atoms with Crippen LogP contribution in [0.5, 0.6) is 5.75 Å². The van der Waals surface area contributed by atoms with Crippen LogP contribution in [0.25, 0.3) is 10.9 Å². The fourth-order valence-corrected chi connectivity index (χ4v) is 6.24. The second-order valence-electron chi connectivity index (χ2n) is 9.88. The third-order valence-corrected chi connectivity index (χ3v) is 8.59. The molecular weight excluding hydrogens is 550 g/mol. The number of amides is 1. The van der Waals surface area contributed by atoms with Gasteiger partial charge in [0.25, 0.3) is 0 Å². The number of benzene rings is 2. The normalized spacial score (nSPS) is 16.2. The zero-order valence-electron chi connectivity index (χ0n) is 21.9. The van der Waals surface area contributed by atoms with Crippen molar-refractivity contribution in [2.45, 2.75) is 43.4 Å². The average Bonchev–Trinajstić information content (AvgIpc) is 2.97. The number of aliphatic hydroxyl groups is 1. The molecule has 1 aliphatic heterocycles. The zero-order valence-corrected chi connectivity index (χ0v) is 22.7. The highest BCUT2D eigenvalue weighted by molar-refractivity contribution is 7.99. The Kier molecular flexibility index (Phi) is 9.88. The van der Waals surface area contributed by atoms with Crippen LogP contribution in [0.1, 0.15) is 42.9 Å². The Bertz CT molecular complexity index is 1350. The molecule has 7 nitrogen and oxygen atoms in total. The van der Waals surface area contributed by atoms with Crippen molar-refractivity contribution in [2.24, 2.45) is 5.41 Å². The van der Waals surface area contributed by atoms with Gasteiger partial charge in [-0.3, -0.25) is 15.0 Å². The Morgan fingerprint density at radius 2 is 1.98 bits per heavy atom. The fourth-order valence-electron chi connectivity index (χ4n) is 5.25. The van der Waals surface area contributed by atoms with Gasteiger partial charge < -0.3 is 14.7 Å². The minimum Gasteiger partial charge on any atom is -0.497 e. The third-order valence-electron chi connectivity index (χ3n) is 7.59. The van der Waals surface area contributed by atoms with E-state index < -0.39 is 41.6 Å². The first-order valence-electron chi connectivity index (χ1n) is 12.8. The van der Waals surface area contributed by atoms with Gasteiger partial charge in [-0.2, -0.15) is 0 Å². The predicted octanol–water partition coefficient (Wildman–Crippen LogP) is 5.32. The summed E-state index contributed by atoms with van der Waals surface area (Å²) in [4.78, 5) is 19.0. The lowest BCUT2D eigenvalue weighted by atomic mass is 9.73. The molecule has 3 N–H and O–H groups in total. The first-order valence-corrected chi connectivity index (χ1v) is 13.8. The zero-order chi connectivity index (χ0) is 28.9. The van der Waals surface area contributed by atoms with E-state index in [2.05, 4.69) is 4.98 Å². The quantitative estimate of drug-likeness (QED) is 0.0928. The van der Waals surface area contributed by atoms with Gasteiger partial charge in [-0.15, -0.1) is 11.8 Å². The molecule has 0 unspecified atom stereocenters. The van der Waals surface area contributed by atoms with Gasteiger partial charge >= 0.3 is 0 Å². The van der Waals surface area contributed by atoms with E-state index in [0.717, 1.165) is 17.8 Å². The van der Waals surface area contributed by atoms with Gasteiger partial charge in [-0.1, -0.05) is 0 Å². The molecule has 3 aromatic rings. The molecule has 1 saturated heterocycles. The van der Waals surface area contributed by atoms with E-state index in [0.29, 0.717) is 66.5 Å². The summed E-state index contributed by atoms with van der Waals surface area (Å²) >= 11 is 1.00. The van der Waals surface area contributed by atoms with Gasteiger partial charge in [0.15, 0.2) is 11.6 Å². The number of carbonyl (C=O) groups excluding carboxylic acids is 1. The number of halogens is 4. The van der Waals surface area contributed by atoms with Gasteiger partial charge in [0, 0.05) is 40.4 Å². The molecule has 1 amide bonds. The molecule has 0 radical (unpaired) electrons.